The van der Waals surface area contributed by atoms with Crippen LogP contribution >= 0.6 is 11.1 Å². The molecule has 0 aromatic heterocycles. The predicted octanol–water partition coefficient (Wildman–Crippen LogP) is 1.94. The molecule has 0 saturated carbocycles. The molecule has 0 aromatic rings. The zero-order chi connectivity index (χ0) is 11.9. The molecule has 0 bridgehead atoms. The van der Waals surface area contributed by atoms with E-state index in [0.29, 0.717) is 11.1 Å². The van der Waals surface area contributed by atoms with Gasteiger partial charge in [-0.1, -0.05) is 13.8 Å². The molecule has 0 amide bonds. The summed E-state index contributed by atoms with van der Waals surface area (Å²) in [7, 11) is -1.53. The lowest BCUT2D eigenvalue weighted by Gasteiger charge is -2.59. The number of rotatable bonds is 4. The van der Waals surface area contributed by atoms with E-state index in [0.717, 1.165) is 0 Å². The fraction of sp³-hybridized carbons (Fsp3) is 1.00. The van der Waals surface area contributed by atoms with Crippen LogP contribution in [0.4, 0.5) is 0 Å². The van der Waals surface area contributed by atoms with Crippen molar-refractivity contribution in [3.05, 3.63) is 0 Å². The average molecular weight is 265 g/mol. The quantitative estimate of drug-likeness (QED) is 0.566. The molecule has 1 aliphatic rings. The maximum atomic E-state index is 6.63. The molecule has 0 aliphatic carbocycles. The van der Waals surface area contributed by atoms with E-state index in [4.69, 9.17) is 11.1 Å². The van der Waals surface area contributed by atoms with Crippen molar-refractivity contribution in [2.75, 3.05) is 0 Å². The Morgan fingerprint density at radius 1 is 1.00 bits per heavy atom. The van der Waals surface area contributed by atoms with Crippen LogP contribution in [0, 0.1) is 0 Å². The second-order valence-corrected chi connectivity index (χ2v) is 11.9. The summed E-state index contributed by atoms with van der Waals surface area (Å²) in [5.41, 5.74) is 0.677. The van der Waals surface area contributed by atoms with Gasteiger partial charge < -0.3 is 8.46 Å². The molecule has 5 heteroatoms. The van der Waals surface area contributed by atoms with E-state index in [1.807, 2.05) is 0 Å². The predicted molar refractivity (Wildman–Crippen MR) is 74.0 cm³/mol. The summed E-state index contributed by atoms with van der Waals surface area (Å²) >= 11 is 6.63. The molecule has 90 valence electrons. The third-order valence-electron chi connectivity index (χ3n) is 4.10. The van der Waals surface area contributed by atoms with Crippen molar-refractivity contribution in [3.63, 3.8) is 0 Å². The summed E-state index contributed by atoms with van der Waals surface area (Å²) in [6, 6.07) is 0. The standard InChI is InChI=1S/C10H25ClN2Si2/c1-7-9(3,4)12-14-13(15(12)11)10(5,6)8-2/h15H,7-8,14H2,1-6H3. The molecule has 0 aromatic carbocycles. The maximum Gasteiger partial charge on any atom is 0.280 e. The Morgan fingerprint density at radius 3 is 1.53 bits per heavy atom. The molecule has 1 saturated heterocycles. The van der Waals surface area contributed by atoms with E-state index in [1.54, 1.807) is 0 Å². The van der Waals surface area contributed by atoms with Crippen molar-refractivity contribution in [2.24, 2.45) is 0 Å². The average Bonchev–Trinajstić information content (AvgIpc) is 2.14. The Bertz CT molecular complexity index is 211. The van der Waals surface area contributed by atoms with Crippen LogP contribution in [0.15, 0.2) is 0 Å². The normalized spacial score (nSPS) is 27.0. The van der Waals surface area contributed by atoms with Gasteiger partial charge in [0, 0.05) is 11.1 Å². The van der Waals surface area contributed by atoms with Crippen molar-refractivity contribution in [1.29, 1.82) is 0 Å². The van der Waals surface area contributed by atoms with E-state index in [2.05, 4.69) is 50.0 Å². The first kappa shape index (κ1) is 13.7. The first-order chi connectivity index (χ1) is 6.76. The first-order valence-electron chi connectivity index (χ1n) is 5.94. The van der Waals surface area contributed by atoms with Gasteiger partial charge in [0.15, 0.2) is 9.84 Å². The van der Waals surface area contributed by atoms with Crippen LogP contribution in [0.3, 0.4) is 0 Å². The van der Waals surface area contributed by atoms with Crippen LogP contribution in [0.2, 0.25) is 0 Å². The molecule has 0 spiro atoms. The highest BCUT2D eigenvalue weighted by molar-refractivity contribution is 7.12. The van der Waals surface area contributed by atoms with Crippen molar-refractivity contribution in [1.82, 2.24) is 8.46 Å². The molecule has 0 atom stereocenters. The molecule has 1 fully saturated rings. The van der Waals surface area contributed by atoms with Gasteiger partial charge in [0.2, 0.25) is 0 Å². The minimum atomic E-state index is -1.28. The SMILES string of the molecule is CCC(C)(C)N1[SiH2]N(C(C)(C)CC)[SiH]1Cl. The second-order valence-electron chi connectivity index (χ2n) is 5.72. The molecule has 0 N–H and O–H groups in total. The third-order valence-corrected chi connectivity index (χ3v) is 14.7. The van der Waals surface area contributed by atoms with Gasteiger partial charge in [-0.05, 0) is 40.5 Å². The number of hydrogen-bond acceptors (Lipinski definition) is 2. The minimum absolute atomic E-state index is 0.248. The molecular weight excluding hydrogens is 240 g/mol. The Hall–Kier alpha value is 0.644. The van der Waals surface area contributed by atoms with Crippen LogP contribution in [-0.2, 0) is 0 Å². The zero-order valence-corrected chi connectivity index (χ0v) is 14.3. The molecule has 0 unspecified atom stereocenters. The molecule has 15 heavy (non-hydrogen) atoms. The summed E-state index contributed by atoms with van der Waals surface area (Å²) in [4.78, 5) is 0. The lowest BCUT2D eigenvalue weighted by atomic mass is 10.0. The Labute approximate surface area is 103 Å². The van der Waals surface area contributed by atoms with Gasteiger partial charge in [-0.3, -0.25) is 0 Å². The Kier molecular flexibility index (Phi) is 4.10. The van der Waals surface area contributed by atoms with Crippen molar-refractivity contribution >= 4 is 29.4 Å². The topological polar surface area (TPSA) is 6.48 Å². The van der Waals surface area contributed by atoms with Crippen LogP contribution in [0.5, 0.6) is 0 Å². The number of hydrogen-bond donors (Lipinski definition) is 0. The Morgan fingerprint density at radius 2 is 1.33 bits per heavy atom. The molecule has 1 heterocycles. The van der Waals surface area contributed by atoms with Crippen molar-refractivity contribution in [3.8, 4) is 0 Å². The highest BCUT2D eigenvalue weighted by atomic mass is 35.6. The van der Waals surface area contributed by atoms with Gasteiger partial charge in [-0.2, -0.15) is 0 Å². The van der Waals surface area contributed by atoms with Crippen LogP contribution < -0.4 is 0 Å². The molecule has 0 radical (unpaired) electrons. The van der Waals surface area contributed by atoms with Gasteiger partial charge in [0.25, 0.3) is 8.43 Å². The summed E-state index contributed by atoms with van der Waals surface area (Å²) in [5.74, 6) is 0. The Balaban J connectivity index is 2.63. The minimum Gasteiger partial charge on any atom is -0.312 e. The smallest absolute Gasteiger partial charge is 0.280 e. The van der Waals surface area contributed by atoms with E-state index in [1.165, 1.54) is 12.8 Å². The van der Waals surface area contributed by atoms with Crippen LogP contribution in [0.1, 0.15) is 54.4 Å². The molecular formula is C10H25ClN2Si2. The summed E-state index contributed by atoms with van der Waals surface area (Å²) < 4.78 is 5.29. The van der Waals surface area contributed by atoms with Gasteiger partial charge in [0.1, 0.15) is 0 Å². The summed E-state index contributed by atoms with van der Waals surface area (Å²) in [6.07, 6.45) is 2.41. The molecule has 1 aliphatic heterocycles. The molecule has 2 nitrogen and oxygen atoms in total. The summed E-state index contributed by atoms with van der Waals surface area (Å²) in [6.45, 7) is 13.9. The van der Waals surface area contributed by atoms with Crippen molar-refractivity contribution in [2.45, 2.75) is 65.5 Å². The van der Waals surface area contributed by atoms with Gasteiger partial charge in [0.05, 0.1) is 0 Å². The van der Waals surface area contributed by atoms with E-state index >= 15 is 0 Å². The lowest BCUT2D eigenvalue weighted by molar-refractivity contribution is 0.210. The highest BCUT2D eigenvalue weighted by Crippen LogP contribution is 2.34. The van der Waals surface area contributed by atoms with Gasteiger partial charge >= 0.3 is 0 Å². The first-order valence-corrected chi connectivity index (χ1v) is 9.98. The van der Waals surface area contributed by atoms with Crippen LogP contribution in [-0.4, -0.2) is 37.8 Å². The van der Waals surface area contributed by atoms with Crippen molar-refractivity contribution < 1.29 is 0 Å². The fourth-order valence-electron chi connectivity index (χ4n) is 1.74. The van der Waals surface area contributed by atoms with E-state index in [9.17, 15) is 0 Å². The summed E-state index contributed by atoms with van der Waals surface area (Å²) in [5, 5.41) is 0. The third kappa shape index (κ3) is 2.49. The van der Waals surface area contributed by atoms with Gasteiger partial charge in [-0.25, -0.2) is 0 Å². The second kappa shape index (κ2) is 4.49. The van der Waals surface area contributed by atoms with E-state index in [-0.39, 0.29) is 9.84 Å². The van der Waals surface area contributed by atoms with Gasteiger partial charge in [-0.15, -0.1) is 11.1 Å². The number of halogens is 1. The number of nitrogens with zero attached hydrogens (tertiary/aromatic N) is 2. The monoisotopic (exact) mass is 264 g/mol. The van der Waals surface area contributed by atoms with Crippen LogP contribution in [0.25, 0.3) is 0 Å². The zero-order valence-electron chi connectivity index (χ0n) is 11.0. The molecule has 1 rings (SSSR count). The largest absolute Gasteiger partial charge is 0.312 e. The van der Waals surface area contributed by atoms with E-state index < -0.39 is 8.43 Å². The lowest BCUT2D eigenvalue weighted by Crippen LogP contribution is -2.77. The highest BCUT2D eigenvalue weighted by Gasteiger charge is 2.49. The fourth-order valence-corrected chi connectivity index (χ4v) is 9.75. The maximum absolute atomic E-state index is 6.63.